The maximum absolute atomic E-state index is 12.2. The van der Waals surface area contributed by atoms with Crippen LogP contribution in [0, 0.1) is 11.8 Å². The fraction of sp³-hybridized carbons (Fsp3) is 0.750. The second-order valence-corrected chi connectivity index (χ2v) is 6.90. The minimum atomic E-state index is -0.197. The Morgan fingerprint density at radius 1 is 1.38 bits per heavy atom. The van der Waals surface area contributed by atoms with Gasteiger partial charge in [0.2, 0.25) is 0 Å². The van der Waals surface area contributed by atoms with Crippen molar-refractivity contribution in [2.24, 2.45) is 11.8 Å². The zero-order chi connectivity index (χ0) is 15.4. The molecule has 1 fully saturated rings. The van der Waals surface area contributed by atoms with Crippen LogP contribution >= 0.6 is 11.6 Å². The smallest absolute Gasteiger partial charge is 0.287 e. The van der Waals surface area contributed by atoms with Gasteiger partial charge in [0.05, 0.1) is 11.9 Å². The van der Waals surface area contributed by atoms with Crippen molar-refractivity contribution in [3.8, 4) is 0 Å². The van der Waals surface area contributed by atoms with Gasteiger partial charge in [-0.05, 0) is 37.5 Å². The second kappa shape index (κ2) is 7.30. The molecular formula is C16H26ClN3O. The van der Waals surface area contributed by atoms with Crippen LogP contribution in [0.2, 0.25) is 5.02 Å². The zero-order valence-corrected chi connectivity index (χ0v) is 14.0. The molecule has 1 saturated carbocycles. The van der Waals surface area contributed by atoms with Crippen LogP contribution in [-0.4, -0.2) is 15.8 Å². The molecule has 0 aromatic carbocycles. The first-order valence-corrected chi connectivity index (χ1v) is 8.41. The molecule has 5 heteroatoms. The van der Waals surface area contributed by atoms with Crippen molar-refractivity contribution in [3.05, 3.63) is 21.6 Å². The Bertz CT molecular complexity index is 519. The summed E-state index contributed by atoms with van der Waals surface area (Å²) in [5.74, 6) is 1.23. The molecule has 4 nitrogen and oxygen atoms in total. The van der Waals surface area contributed by atoms with E-state index >= 15 is 0 Å². The minimum absolute atomic E-state index is 0.197. The van der Waals surface area contributed by atoms with E-state index in [1.807, 2.05) is 0 Å². The predicted molar refractivity (Wildman–Crippen MR) is 88.0 cm³/mol. The fourth-order valence-electron chi connectivity index (χ4n) is 2.98. The number of nitrogens with one attached hydrogen (secondary N) is 1. The van der Waals surface area contributed by atoms with Crippen LogP contribution in [0.3, 0.4) is 0 Å². The van der Waals surface area contributed by atoms with E-state index in [4.69, 9.17) is 11.6 Å². The molecule has 0 unspecified atom stereocenters. The zero-order valence-electron chi connectivity index (χ0n) is 13.2. The standard InChI is InChI=1S/C16H26ClN3O/c1-4-12-5-7-13(8-6-12)19-14-9-18-20(10-11(2)3)16(21)15(14)17/h9,11-13,19H,4-8,10H2,1-3H3. The van der Waals surface area contributed by atoms with Crippen molar-refractivity contribution in [2.45, 2.75) is 65.5 Å². The largest absolute Gasteiger partial charge is 0.380 e. The van der Waals surface area contributed by atoms with E-state index in [0.29, 0.717) is 24.2 Å². The molecule has 1 aliphatic rings. The van der Waals surface area contributed by atoms with E-state index in [1.54, 1.807) is 6.20 Å². The molecule has 21 heavy (non-hydrogen) atoms. The molecule has 1 aromatic heterocycles. The number of nitrogens with zero attached hydrogens (tertiary/aromatic N) is 2. The van der Waals surface area contributed by atoms with Gasteiger partial charge in [-0.3, -0.25) is 4.79 Å². The summed E-state index contributed by atoms with van der Waals surface area (Å²) in [6.07, 6.45) is 7.75. The molecule has 2 rings (SSSR count). The van der Waals surface area contributed by atoms with Crippen molar-refractivity contribution >= 4 is 17.3 Å². The molecule has 0 atom stereocenters. The predicted octanol–water partition coefficient (Wildman–Crippen LogP) is 3.93. The summed E-state index contributed by atoms with van der Waals surface area (Å²) in [4.78, 5) is 12.2. The van der Waals surface area contributed by atoms with Gasteiger partial charge in [-0.15, -0.1) is 0 Å². The van der Waals surface area contributed by atoms with Crippen molar-refractivity contribution in [1.29, 1.82) is 0 Å². The number of rotatable bonds is 5. The summed E-state index contributed by atoms with van der Waals surface area (Å²) in [5.41, 5.74) is 0.485. The van der Waals surface area contributed by atoms with E-state index in [2.05, 4.69) is 31.2 Å². The molecule has 0 amide bonds. The topological polar surface area (TPSA) is 46.9 Å². The molecule has 0 spiro atoms. The van der Waals surface area contributed by atoms with Gasteiger partial charge < -0.3 is 5.32 Å². The quantitative estimate of drug-likeness (QED) is 0.896. The average Bonchev–Trinajstić information content (AvgIpc) is 2.47. The Morgan fingerprint density at radius 3 is 2.62 bits per heavy atom. The van der Waals surface area contributed by atoms with E-state index in [9.17, 15) is 4.79 Å². The number of halogens is 1. The van der Waals surface area contributed by atoms with E-state index in [0.717, 1.165) is 18.8 Å². The molecular weight excluding hydrogens is 286 g/mol. The number of aromatic nitrogens is 2. The monoisotopic (exact) mass is 311 g/mol. The van der Waals surface area contributed by atoms with Gasteiger partial charge in [0.15, 0.2) is 0 Å². The molecule has 1 N–H and O–H groups in total. The third-order valence-electron chi connectivity index (χ3n) is 4.31. The van der Waals surface area contributed by atoms with Crippen LogP contribution in [-0.2, 0) is 6.54 Å². The van der Waals surface area contributed by atoms with E-state index < -0.39 is 0 Å². The first kappa shape index (κ1) is 16.3. The summed E-state index contributed by atoms with van der Waals surface area (Å²) in [5, 5.41) is 7.91. The van der Waals surface area contributed by atoms with Crippen LogP contribution < -0.4 is 10.9 Å². The summed E-state index contributed by atoms with van der Waals surface area (Å²) in [7, 11) is 0. The Hall–Kier alpha value is -1.03. The molecule has 1 aromatic rings. The van der Waals surface area contributed by atoms with Gasteiger partial charge >= 0.3 is 0 Å². The number of anilines is 1. The highest BCUT2D eigenvalue weighted by molar-refractivity contribution is 6.32. The van der Waals surface area contributed by atoms with Gasteiger partial charge in [-0.25, -0.2) is 4.68 Å². The van der Waals surface area contributed by atoms with Crippen LogP contribution in [0.25, 0.3) is 0 Å². The molecule has 1 heterocycles. The molecule has 0 saturated heterocycles. The first-order chi connectivity index (χ1) is 10.0. The van der Waals surface area contributed by atoms with Crippen LogP contribution in [0.4, 0.5) is 5.69 Å². The number of hydrogen-bond acceptors (Lipinski definition) is 3. The van der Waals surface area contributed by atoms with Gasteiger partial charge in [-0.1, -0.05) is 38.8 Å². The molecule has 0 radical (unpaired) electrons. The lowest BCUT2D eigenvalue weighted by molar-refractivity contribution is 0.330. The third kappa shape index (κ3) is 4.22. The van der Waals surface area contributed by atoms with Crippen LogP contribution in [0.1, 0.15) is 52.9 Å². The normalized spacial score (nSPS) is 22.5. The first-order valence-electron chi connectivity index (χ1n) is 8.03. The maximum Gasteiger partial charge on any atom is 0.287 e. The molecule has 118 valence electrons. The second-order valence-electron chi connectivity index (χ2n) is 6.52. The summed E-state index contributed by atoms with van der Waals surface area (Å²) < 4.78 is 1.45. The molecule has 0 aliphatic heterocycles. The molecule has 0 bridgehead atoms. The van der Waals surface area contributed by atoms with Gasteiger partial charge in [0, 0.05) is 12.6 Å². The minimum Gasteiger partial charge on any atom is -0.380 e. The number of hydrogen-bond donors (Lipinski definition) is 1. The van der Waals surface area contributed by atoms with Gasteiger partial charge in [-0.2, -0.15) is 5.10 Å². The van der Waals surface area contributed by atoms with Crippen LogP contribution in [0.5, 0.6) is 0 Å². The van der Waals surface area contributed by atoms with Crippen LogP contribution in [0.15, 0.2) is 11.0 Å². The fourth-order valence-corrected chi connectivity index (χ4v) is 3.18. The SMILES string of the molecule is CCC1CCC(Nc2cnn(CC(C)C)c(=O)c2Cl)CC1. The summed E-state index contributed by atoms with van der Waals surface area (Å²) in [6, 6.07) is 0.410. The Balaban J connectivity index is 2.04. The Labute approximate surface area is 131 Å². The Morgan fingerprint density at radius 2 is 2.05 bits per heavy atom. The highest BCUT2D eigenvalue weighted by Gasteiger charge is 2.21. The lowest BCUT2D eigenvalue weighted by atomic mass is 9.84. The third-order valence-corrected chi connectivity index (χ3v) is 4.67. The van der Waals surface area contributed by atoms with Crippen molar-refractivity contribution in [2.75, 3.05) is 5.32 Å². The summed E-state index contributed by atoms with van der Waals surface area (Å²) >= 11 is 6.22. The van der Waals surface area contributed by atoms with Gasteiger partial charge in [0.1, 0.15) is 5.02 Å². The van der Waals surface area contributed by atoms with Gasteiger partial charge in [0.25, 0.3) is 5.56 Å². The van der Waals surface area contributed by atoms with E-state index in [-0.39, 0.29) is 10.6 Å². The van der Waals surface area contributed by atoms with Crippen molar-refractivity contribution in [1.82, 2.24) is 9.78 Å². The maximum atomic E-state index is 12.2. The lowest BCUT2D eigenvalue weighted by Gasteiger charge is -2.29. The Kier molecular flexibility index (Phi) is 5.68. The highest BCUT2D eigenvalue weighted by Crippen LogP contribution is 2.29. The van der Waals surface area contributed by atoms with Crippen molar-refractivity contribution < 1.29 is 0 Å². The molecule has 1 aliphatic carbocycles. The average molecular weight is 312 g/mol. The highest BCUT2D eigenvalue weighted by atomic mass is 35.5. The van der Waals surface area contributed by atoms with E-state index in [1.165, 1.54) is 23.9 Å². The van der Waals surface area contributed by atoms with Crippen molar-refractivity contribution in [3.63, 3.8) is 0 Å². The lowest BCUT2D eigenvalue weighted by Crippen LogP contribution is -2.30. The summed E-state index contributed by atoms with van der Waals surface area (Å²) in [6.45, 7) is 6.97.